The van der Waals surface area contributed by atoms with Gasteiger partial charge in [0, 0.05) is 62.7 Å². The Morgan fingerprint density at radius 3 is 2.43 bits per heavy atom. The van der Waals surface area contributed by atoms with Crippen LogP contribution >= 0.6 is 0 Å². The van der Waals surface area contributed by atoms with Gasteiger partial charge >= 0.3 is 0 Å². The van der Waals surface area contributed by atoms with Gasteiger partial charge in [-0.15, -0.1) is 0 Å². The van der Waals surface area contributed by atoms with Crippen LogP contribution in [0, 0.1) is 5.92 Å². The normalized spacial score (nSPS) is 17.7. The summed E-state index contributed by atoms with van der Waals surface area (Å²) in [6, 6.07) is 15.2. The molecule has 6 heterocycles. The van der Waals surface area contributed by atoms with Gasteiger partial charge in [0.2, 0.25) is 17.7 Å². The lowest BCUT2D eigenvalue weighted by atomic mass is 10.0. The lowest BCUT2D eigenvalue weighted by Gasteiger charge is -2.32. The molecule has 0 radical (unpaired) electrons. The number of hydrogen-bond donors (Lipinski definition) is 4. The summed E-state index contributed by atoms with van der Waals surface area (Å²) in [6.07, 6.45) is 8.20. The molecule has 2 saturated heterocycles. The molecular formula is C49H54F2N10O8. The Morgan fingerprint density at radius 1 is 0.884 bits per heavy atom. The fourth-order valence-electron chi connectivity index (χ4n) is 8.67. The number of hydrogen-bond acceptors (Lipinski definition) is 14. The van der Waals surface area contributed by atoms with Crippen molar-refractivity contribution in [2.24, 2.45) is 5.92 Å². The van der Waals surface area contributed by atoms with E-state index in [1.54, 1.807) is 48.7 Å². The number of fused-ring (bicyclic) bond motifs is 1. The number of rotatable bonds is 22. The van der Waals surface area contributed by atoms with Crippen LogP contribution in [0.3, 0.4) is 0 Å². The minimum absolute atomic E-state index is 0.0666. The van der Waals surface area contributed by atoms with Gasteiger partial charge in [-0.3, -0.25) is 34.2 Å². The van der Waals surface area contributed by atoms with Gasteiger partial charge in [-0.2, -0.15) is 5.10 Å². The number of oxazole rings is 1. The zero-order valence-electron chi connectivity index (χ0n) is 38.0. The van der Waals surface area contributed by atoms with Crippen LogP contribution in [0.2, 0.25) is 0 Å². The first kappa shape index (κ1) is 47.2. The van der Waals surface area contributed by atoms with Crippen LogP contribution in [-0.2, 0) is 25.5 Å². The molecule has 1 saturated carbocycles. The van der Waals surface area contributed by atoms with Gasteiger partial charge in [-0.05, 0) is 105 Å². The third-order valence-electron chi connectivity index (χ3n) is 12.7. The molecule has 2 aromatic carbocycles. The number of ether oxygens (including phenoxy) is 2. The highest BCUT2D eigenvalue weighted by atomic mass is 19.3. The minimum Gasteiger partial charge on any atom is -0.444 e. The zero-order valence-corrected chi connectivity index (χ0v) is 38.0. The molecule has 3 fully saturated rings. The van der Waals surface area contributed by atoms with E-state index in [-0.39, 0.29) is 47.3 Å². The molecule has 3 aromatic heterocycles. The van der Waals surface area contributed by atoms with Crippen molar-refractivity contribution in [1.82, 2.24) is 34.9 Å². The Morgan fingerprint density at radius 2 is 1.67 bits per heavy atom. The molecule has 1 atom stereocenters. The lowest BCUT2D eigenvalue weighted by Crippen LogP contribution is -2.54. The summed E-state index contributed by atoms with van der Waals surface area (Å²) in [5.74, 6) is -1.25. The molecule has 20 heteroatoms. The summed E-state index contributed by atoms with van der Waals surface area (Å²) < 4.78 is 46.6. The molecule has 9 rings (SSSR count). The molecule has 5 amide bonds. The number of piperidine rings is 2. The number of aryl methyl sites for hydroxylation is 1. The monoisotopic (exact) mass is 948 g/mol. The molecule has 4 N–H and O–H groups in total. The number of anilines is 3. The van der Waals surface area contributed by atoms with E-state index in [4.69, 9.17) is 13.9 Å². The van der Waals surface area contributed by atoms with Crippen LogP contribution in [0.1, 0.15) is 100 Å². The van der Waals surface area contributed by atoms with Gasteiger partial charge in [-0.25, -0.2) is 23.4 Å². The summed E-state index contributed by atoms with van der Waals surface area (Å²) in [6.45, 7) is 5.60. The van der Waals surface area contributed by atoms with Crippen molar-refractivity contribution in [3.05, 3.63) is 101 Å². The number of nitrogens with one attached hydrogen (secondary N) is 4. The zero-order chi connectivity index (χ0) is 47.9. The Labute approximate surface area is 396 Å². The number of amides is 5. The van der Waals surface area contributed by atoms with Crippen molar-refractivity contribution < 1.29 is 46.6 Å². The number of pyridine rings is 1. The van der Waals surface area contributed by atoms with Gasteiger partial charge in [0.15, 0.2) is 11.4 Å². The lowest BCUT2D eigenvalue weighted by molar-refractivity contribution is -0.136. The molecule has 0 bridgehead atoms. The van der Waals surface area contributed by atoms with Crippen LogP contribution in [0.15, 0.2) is 77.7 Å². The Bertz CT molecular complexity index is 2660. The second-order valence-electron chi connectivity index (χ2n) is 17.7. The highest BCUT2D eigenvalue weighted by Crippen LogP contribution is 2.32. The summed E-state index contributed by atoms with van der Waals surface area (Å²) in [4.78, 5) is 75.2. The Hall–Kier alpha value is -6.90. The highest BCUT2D eigenvalue weighted by molar-refractivity contribution is 6.23. The molecule has 0 spiro atoms. The van der Waals surface area contributed by atoms with E-state index in [1.165, 1.54) is 30.0 Å². The van der Waals surface area contributed by atoms with E-state index in [1.807, 2.05) is 12.1 Å². The molecule has 4 aliphatic rings. The van der Waals surface area contributed by atoms with E-state index < -0.39 is 47.7 Å². The number of unbranched alkanes of at least 4 members (excludes halogenated alkanes) is 1. The first-order chi connectivity index (χ1) is 33.6. The SMILES string of the molecule is O=C1CCC(N2C(=O)c3ccc(NC4CCN(CCOCCOCCCCc5ccc(-n6cc(NC(=O)c7coc(-c8ccnc(NCC9CC9)c8)n7)c(C(F)F)n6)cc5)CC4)cc3C2=O)C(=O)N1. The predicted molar refractivity (Wildman–Crippen MR) is 248 cm³/mol. The summed E-state index contributed by atoms with van der Waals surface area (Å²) in [5, 5.41) is 15.6. The number of alkyl halides is 2. The quantitative estimate of drug-likeness (QED) is 0.0445. The summed E-state index contributed by atoms with van der Waals surface area (Å²) in [7, 11) is 0. The van der Waals surface area contributed by atoms with E-state index >= 15 is 0 Å². The number of likely N-dealkylation sites (tertiary alicyclic amines) is 1. The molecule has 362 valence electrons. The van der Waals surface area contributed by atoms with Crippen LogP contribution in [0.25, 0.3) is 17.1 Å². The van der Waals surface area contributed by atoms with E-state index in [0.717, 1.165) is 74.4 Å². The van der Waals surface area contributed by atoms with Crippen LogP contribution in [-0.4, -0.2) is 124 Å². The van der Waals surface area contributed by atoms with Crippen molar-refractivity contribution >= 4 is 46.7 Å². The summed E-state index contributed by atoms with van der Waals surface area (Å²) >= 11 is 0. The second kappa shape index (κ2) is 21.6. The first-order valence-corrected chi connectivity index (χ1v) is 23.5. The Balaban J connectivity index is 0.632. The van der Waals surface area contributed by atoms with E-state index in [0.29, 0.717) is 49.4 Å². The summed E-state index contributed by atoms with van der Waals surface area (Å²) in [5.41, 5.74) is 2.76. The maximum atomic E-state index is 14.1. The standard InChI is InChI=1S/C49H54F2N10O8/c50-44(51)43-38(55-45(63)39-29-69-47(56-39)32-14-17-52-41(25-32)53-27-31-4-5-31)28-60(58-43)35-9-6-30(7-10-35)3-1-2-21-67-23-24-68-22-20-59-18-15-33(16-19-59)54-34-8-11-36-37(26-34)49(66)61(48(36)65)40-12-13-42(62)57-46(40)64/h6-11,14,17,25-26,28-29,31,33,40,44,54H,1-5,12-13,15-16,18-24,27H2,(H,52,53)(H,55,63)(H,57,62,64). The number of benzene rings is 2. The molecule has 1 unspecified atom stereocenters. The van der Waals surface area contributed by atoms with Crippen molar-refractivity contribution in [2.45, 2.75) is 76.3 Å². The van der Waals surface area contributed by atoms with Crippen LogP contribution in [0.5, 0.6) is 0 Å². The van der Waals surface area contributed by atoms with Gasteiger partial charge < -0.3 is 34.7 Å². The second-order valence-corrected chi connectivity index (χ2v) is 17.7. The van der Waals surface area contributed by atoms with E-state index in [2.05, 4.69) is 41.2 Å². The van der Waals surface area contributed by atoms with Crippen molar-refractivity contribution in [2.75, 3.05) is 68.6 Å². The number of carbonyl (C=O) groups excluding carboxylic acids is 5. The molecule has 18 nitrogen and oxygen atoms in total. The maximum Gasteiger partial charge on any atom is 0.284 e. The number of nitrogens with zero attached hydrogens (tertiary/aromatic N) is 6. The number of carbonyl (C=O) groups is 5. The highest BCUT2D eigenvalue weighted by Gasteiger charge is 2.44. The minimum atomic E-state index is -2.93. The van der Waals surface area contributed by atoms with Crippen molar-refractivity contribution in [1.29, 1.82) is 0 Å². The van der Waals surface area contributed by atoms with Crippen LogP contribution < -0.4 is 21.3 Å². The smallest absolute Gasteiger partial charge is 0.284 e. The fraction of sp³-hybridized carbons (Fsp3) is 0.429. The number of imide groups is 2. The molecule has 3 aliphatic heterocycles. The number of halogens is 2. The third kappa shape index (κ3) is 11.7. The van der Waals surface area contributed by atoms with Gasteiger partial charge in [-0.1, -0.05) is 12.1 Å². The molecule has 1 aliphatic carbocycles. The van der Waals surface area contributed by atoms with Gasteiger partial charge in [0.1, 0.15) is 18.1 Å². The van der Waals surface area contributed by atoms with Crippen molar-refractivity contribution in [3.8, 4) is 17.1 Å². The number of aromatic nitrogens is 4. The average Bonchev–Trinajstić information content (AvgIpc) is 3.76. The maximum absolute atomic E-state index is 14.1. The fourth-order valence-corrected chi connectivity index (χ4v) is 8.67. The molecule has 69 heavy (non-hydrogen) atoms. The largest absolute Gasteiger partial charge is 0.444 e. The van der Waals surface area contributed by atoms with Crippen molar-refractivity contribution in [3.63, 3.8) is 0 Å². The molecular weight excluding hydrogens is 895 g/mol. The average molecular weight is 949 g/mol. The topological polar surface area (TPSA) is 215 Å². The van der Waals surface area contributed by atoms with Gasteiger partial charge in [0.05, 0.1) is 48.5 Å². The third-order valence-corrected chi connectivity index (χ3v) is 12.7. The van der Waals surface area contributed by atoms with Gasteiger partial charge in [0.25, 0.3) is 24.1 Å². The Kier molecular flexibility index (Phi) is 14.8. The van der Waals surface area contributed by atoms with Crippen LogP contribution in [0.4, 0.5) is 26.0 Å². The first-order valence-electron chi connectivity index (χ1n) is 23.5. The molecule has 5 aromatic rings. The van der Waals surface area contributed by atoms with E-state index in [9.17, 15) is 32.8 Å². The predicted octanol–water partition coefficient (Wildman–Crippen LogP) is 6.27.